The number of amides is 2. The number of aliphatic hydroxyl groups excluding tert-OH is 1. The van der Waals surface area contributed by atoms with Crippen molar-refractivity contribution in [3.8, 4) is 10.4 Å². The molecule has 1 atom stereocenters. The standard InChI is InChI=1S/C26H32F5N5O3S/c1-5-17(26(29,30)31)33-18-10-15(21(27)28)16(11-32-18)20-19(23(38)36-13-6-7-14(36)9-8-13)34-22(40-20)24(39)35(4)25(2,3)12-37/h10-11,13-14,17,21,37H,5-9,12H2,1-4H3,(H,32,33)/t13-,14+,17-/m0/s1. The largest absolute Gasteiger partial charge is 0.408 e. The first-order valence-electron chi connectivity index (χ1n) is 13.0. The summed E-state index contributed by atoms with van der Waals surface area (Å²) >= 11 is 0.741. The molecular formula is C26H32F5N5O3S. The minimum atomic E-state index is -4.62. The molecule has 14 heteroatoms. The lowest BCUT2D eigenvalue weighted by molar-refractivity contribution is -0.142. The third-order valence-corrected chi connectivity index (χ3v) is 8.92. The molecule has 220 valence electrons. The Balaban J connectivity index is 1.81. The molecule has 2 fully saturated rings. The van der Waals surface area contributed by atoms with Gasteiger partial charge in [-0.25, -0.2) is 18.7 Å². The number of pyridine rings is 1. The minimum Gasteiger partial charge on any atom is -0.394 e. The first-order valence-corrected chi connectivity index (χ1v) is 13.9. The molecule has 0 aliphatic carbocycles. The lowest BCUT2D eigenvalue weighted by Crippen LogP contribution is -2.47. The van der Waals surface area contributed by atoms with Crippen molar-refractivity contribution in [2.45, 2.75) is 89.1 Å². The molecule has 8 nitrogen and oxygen atoms in total. The van der Waals surface area contributed by atoms with Gasteiger partial charge < -0.3 is 20.2 Å². The van der Waals surface area contributed by atoms with Gasteiger partial charge in [0.15, 0.2) is 5.01 Å². The van der Waals surface area contributed by atoms with Crippen LogP contribution < -0.4 is 5.32 Å². The first-order chi connectivity index (χ1) is 18.7. The molecule has 0 radical (unpaired) electrons. The van der Waals surface area contributed by atoms with E-state index in [2.05, 4.69) is 15.3 Å². The summed E-state index contributed by atoms with van der Waals surface area (Å²) in [5, 5.41) is 11.7. The summed E-state index contributed by atoms with van der Waals surface area (Å²) in [5.74, 6) is -1.49. The molecule has 0 aromatic carbocycles. The van der Waals surface area contributed by atoms with Gasteiger partial charge in [-0.15, -0.1) is 11.3 Å². The van der Waals surface area contributed by atoms with Gasteiger partial charge in [0.1, 0.15) is 17.6 Å². The Labute approximate surface area is 232 Å². The third-order valence-electron chi connectivity index (χ3n) is 7.84. The number of nitrogens with one attached hydrogen (secondary N) is 1. The highest BCUT2D eigenvalue weighted by Gasteiger charge is 2.44. The predicted molar refractivity (Wildman–Crippen MR) is 140 cm³/mol. The zero-order chi connectivity index (χ0) is 29.6. The van der Waals surface area contributed by atoms with Crippen molar-refractivity contribution in [3.63, 3.8) is 0 Å². The van der Waals surface area contributed by atoms with Crippen LogP contribution in [0.25, 0.3) is 10.4 Å². The number of carbonyl (C=O) groups excluding carboxylic acids is 2. The molecule has 0 spiro atoms. The second kappa shape index (κ2) is 11.2. The summed E-state index contributed by atoms with van der Waals surface area (Å²) in [4.78, 5) is 38.3. The number of thiazole rings is 1. The fraction of sp³-hybridized carbons (Fsp3) is 0.615. The van der Waals surface area contributed by atoms with Gasteiger partial charge in [0, 0.05) is 36.5 Å². The van der Waals surface area contributed by atoms with Crippen LogP contribution in [0.4, 0.5) is 27.8 Å². The normalized spacial score (nSPS) is 19.8. The van der Waals surface area contributed by atoms with E-state index in [-0.39, 0.29) is 52.1 Å². The van der Waals surface area contributed by atoms with E-state index in [1.165, 1.54) is 18.9 Å². The van der Waals surface area contributed by atoms with E-state index in [4.69, 9.17) is 0 Å². The van der Waals surface area contributed by atoms with Crippen molar-refractivity contribution >= 4 is 29.0 Å². The Hall–Kier alpha value is -2.87. The summed E-state index contributed by atoms with van der Waals surface area (Å²) < 4.78 is 68.5. The molecule has 0 saturated carbocycles. The Morgan fingerprint density at radius 2 is 1.80 bits per heavy atom. The lowest BCUT2D eigenvalue weighted by atomic mass is 10.0. The van der Waals surface area contributed by atoms with E-state index < -0.39 is 41.6 Å². The van der Waals surface area contributed by atoms with Gasteiger partial charge in [-0.1, -0.05) is 6.92 Å². The van der Waals surface area contributed by atoms with Gasteiger partial charge in [-0.3, -0.25) is 9.59 Å². The maximum atomic E-state index is 14.3. The van der Waals surface area contributed by atoms with Crippen LogP contribution in [-0.2, 0) is 0 Å². The predicted octanol–water partition coefficient (Wildman–Crippen LogP) is 5.51. The molecule has 2 aliphatic heterocycles. The Bertz CT molecular complexity index is 1250. The number of rotatable bonds is 9. The molecule has 4 heterocycles. The molecule has 0 unspecified atom stereocenters. The molecular weight excluding hydrogens is 557 g/mol. The smallest absolute Gasteiger partial charge is 0.394 e. The topological polar surface area (TPSA) is 98.7 Å². The van der Waals surface area contributed by atoms with Gasteiger partial charge in [-0.2, -0.15) is 13.2 Å². The maximum absolute atomic E-state index is 14.3. The molecule has 2 saturated heterocycles. The van der Waals surface area contributed by atoms with Crippen LogP contribution in [0, 0.1) is 0 Å². The fourth-order valence-corrected chi connectivity index (χ4v) is 6.21. The van der Waals surface area contributed by atoms with Gasteiger partial charge in [0.25, 0.3) is 18.2 Å². The van der Waals surface area contributed by atoms with Gasteiger partial charge in [0.2, 0.25) is 0 Å². The van der Waals surface area contributed by atoms with Crippen LogP contribution in [-0.4, -0.2) is 80.2 Å². The van der Waals surface area contributed by atoms with E-state index in [1.54, 1.807) is 18.7 Å². The molecule has 4 rings (SSSR count). The lowest BCUT2D eigenvalue weighted by Gasteiger charge is -2.33. The molecule has 2 amide bonds. The van der Waals surface area contributed by atoms with Crippen LogP contribution in [0.5, 0.6) is 0 Å². The highest BCUT2D eigenvalue weighted by molar-refractivity contribution is 7.17. The van der Waals surface area contributed by atoms with Gasteiger partial charge >= 0.3 is 6.18 Å². The van der Waals surface area contributed by atoms with Crippen molar-refractivity contribution in [1.82, 2.24) is 19.8 Å². The molecule has 2 aliphatic rings. The number of anilines is 1. The van der Waals surface area contributed by atoms with Crippen molar-refractivity contribution in [2.24, 2.45) is 0 Å². The van der Waals surface area contributed by atoms with Gasteiger partial charge in [0.05, 0.1) is 17.0 Å². The first kappa shape index (κ1) is 30.1. The van der Waals surface area contributed by atoms with E-state index >= 15 is 0 Å². The number of aromatic nitrogens is 2. The number of alkyl halides is 5. The Morgan fingerprint density at radius 1 is 1.20 bits per heavy atom. The number of likely N-dealkylation sites (N-methyl/N-ethyl adjacent to an activating group) is 1. The van der Waals surface area contributed by atoms with Crippen LogP contribution in [0.15, 0.2) is 12.3 Å². The van der Waals surface area contributed by atoms with E-state index in [0.29, 0.717) is 0 Å². The number of hydrogen-bond acceptors (Lipinski definition) is 7. The highest BCUT2D eigenvalue weighted by atomic mass is 32.1. The van der Waals surface area contributed by atoms with Crippen molar-refractivity contribution in [2.75, 3.05) is 19.0 Å². The zero-order valence-electron chi connectivity index (χ0n) is 22.6. The summed E-state index contributed by atoms with van der Waals surface area (Å²) in [6.45, 7) is 4.20. The van der Waals surface area contributed by atoms with Crippen LogP contribution in [0.3, 0.4) is 0 Å². The summed E-state index contributed by atoms with van der Waals surface area (Å²) in [5.41, 5.74) is -1.97. The van der Waals surface area contributed by atoms with E-state index in [9.17, 15) is 36.6 Å². The number of hydrogen-bond donors (Lipinski definition) is 2. The van der Waals surface area contributed by atoms with Crippen LogP contribution >= 0.6 is 11.3 Å². The van der Waals surface area contributed by atoms with Crippen LogP contribution in [0.1, 0.15) is 85.2 Å². The van der Waals surface area contributed by atoms with Crippen LogP contribution in [0.2, 0.25) is 0 Å². The van der Waals surface area contributed by atoms with Crippen molar-refractivity contribution in [3.05, 3.63) is 28.5 Å². The average Bonchev–Trinajstić information content (AvgIpc) is 3.64. The molecule has 2 aromatic heterocycles. The molecule has 2 bridgehead atoms. The fourth-order valence-electron chi connectivity index (χ4n) is 5.14. The highest BCUT2D eigenvalue weighted by Crippen LogP contribution is 2.43. The number of carbonyl (C=O) groups is 2. The molecule has 40 heavy (non-hydrogen) atoms. The number of nitrogens with zero attached hydrogens (tertiary/aromatic N) is 4. The minimum absolute atomic E-state index is 0.00480. The zero-order valence-corrected chi connectivity index (χ0v) is 23.4. The van der Waals surface area contributed by atoms with Crippen molar-refractivity contribution < 1.29 is 36.6 Å². The van der Waals surface area contributed by atoms with E-state index in [0.717, 1.165) is 49.3 Å². The number of aliphatic hydroxyl groups is 1. The second-order valence-corrected chi connectivity index (χ2v) is 11.8. The average molecular weight is 590 g/mol. The Morgan fingerprint density at radius 3 is 2.30 bits per heavy atom. The number of halogens is 5. The SMILES string of the molecule is CC[C@H](Nc1cc(C(F)F)c(-c2sc(C(=O)N(C)C(C)(C)CO)nc2C(=O)N2[C@H]3CC[C@@H]2CC3)cn1)C(F)(F)F. The monoisotopic (exact) mass is 589 g/mol. The number of fused-ring (bicyclic) bond motifs is 2. The van der Waals surface area contributed by atoms with E-state index in [1.807, 2.05) is 0 Å². The maximum Gasteiger partial charge on any atom is 0.408 e. The summed E-state index contributed by atoms with van der Waals surface area (Å²) in [6.07, 6.45) is -3.82. The quantitative estimate of drug-likeness (QED) is 0.375. The second-order valence-electron chi connectivity index (χ2n) is 10.8. The third kappa shape index (κ3) is 5.65. The molecule has 2 N–H and O–H groups in total. The molecule has 2 aromatic rings. The van der Waals surface area contributed by atoms with Crippen molar-refractivity contribution in [1.29, 1.82) is 0 Å². The summed E-state index contributed by atoms with van der Waals surface area (Å²) in [7, 11) is 1.46. The summed E-state index contributed by atoms with van der Waals surface area (Å²) in [6, 6.07) is -1.16. The van der Waals surface area contributed by atoms with Gasteiger partial charge in [-0.05, 0) is 52.0 Å². The Kier molecular flexibility index (Phi) is 8.42.